The lowest BCUT2D eigenvalue weighted by molar-refractivity contribution is 0.0944. The van der Waals surface area contributed by atoms with Crippen molar-refractivity contribution in [3.05, 3.63) is 21.4 Å². The molecule has 1 aromatic rings. The average Bonchev–Trinajstić information content (AvgIpc) is 2.56. The predicted octanol–water partition coefficient (Wildman–Crippen LogP) is 2.25. The van der Waals surface area contributed by atoms with Crippen molar-refractivity contribution in [1.82, 2.24) is 5.32 Å². The lowest BCUT2D eigenvalue weighted by Gasteiger charge is -2.07. The first kappa shape index (κ1) is 11.9. The molecule has 1 amide bonds. The zero-order valence-electron chi connectivity index (χ0n) is 9.16. The molecule has 1 rings (SSSR count). The number of hydrogen-bond donors (Lipinski definition) is 1. The number of amides is 1. The summed E-state index contributed by atoms with van der Waals surface area (Å²) in [6.07, 6.45) is 0.738. The van der Waals surface area contributed by atoms with Gasteiger partial charge in [-0.1, -0.05) is 13.8 Å². The number of aryl methyl sites for hydroxylation is 1. The fourth-order valence-electron chi connectivity index (χ4n) is 1.23. The Hall–Kier alpha value is -1.16. The van der Waals surface area contributed by atoms with Crippen LogP contribution in [0.25, 0.3) is 0 Å². The van der Waals surface area contributed by atoms with Gasteiger partial charge in [-0.3, -0.25) is 9.59 Å². The first-order valence-electron chi connectivity index (χ1n) is 4.87. The molecule has 1 N–H and O–H groups in total. The van der Waals surface area contributed by atoms with E-state index in [0.29, 0.717) is 22.9 Å². The van der Waals surface area contributed by atoms with Crippen molar-refractivity contribution in [3.63, 3.8) is 0 Å². The molecule has 0 radical (unpaired) electrons. The molecule has 1 heterocycles. The highest BCUT2D eigenvalue weighted by molar-refractivity contribution is 7.12. The van der Waals surface area contributed by atoms with Crippen molar-refractivity contribution in [3.8, 4) is 0 Å². The molecule has 0 aliphatic heterocycles. The molecule has 0 saturated carbocycles. The van der Waals surface area contributed by atoms with E-state index in [9.17, 15) is 9.59 Å². The van der Waals surface area contributed by atoms with Crippen LogP contribution in [0, 0.1) is 12.8 Å². The number of rotatable bonds is 4. The van der Waals surface area contributed by atoms with E-state index < -0.39 is 0 Å². The average molecular weight is 225 g/mol. The lowest BCUT2D eigenvalue weighted by atomic mass is 10.1. The van der Waals surface area contributed by atoms with E-state index in [-0.39, 0.29) is 5.91 Å². The van der Waals surface area contributed by atoms with Crippen LogP contribution in [0.1, 0.15) is 39.4 Å². The van der Waals surface area contributed by atoms with Gasteiger partial charge in [0.2, 0.25) is 0 Å². The summed E-state index contributed by atoms with van der Waals surface area (Å²) >= 11 is 1.31. The number of hydrogen-bond acceptors (Lipinski definition) is 3. The molecule has 0 atom stereocenters. The highest BCUT2D eigenvalue weighted by Gasteiger charge is 2.15. The maximum absolute atomic E-state index is 11.7. The van der Waals surface area contributed by atoms with E-state index in [1.54, 1.807) is 0 Å². The largest absolute Gasteiger partial charge is 0.352 e. The van der Waals surface area contributed by atoms with Crippen molar-refractivity contribution in [1.29, 1.82) is 0 Å². The zero-order valence-corrected chi connectivity index (χ0v) is 9.98. The van der Waals surface area contributed by atoms with Crippen molar-refractivity contribution in [2.24, 2.45) is 5.92 Å². The minimum absolute atomic E-state index is 0.149. The molecule has 0 fully saturated rings. The van der Waals surface area contributed by atoms with Gasteiger partial charge in [0.1, 0.15) is 0 Å². The summed E-state index contributed by atoms with van der Waals surface area (Å²) in [6, 6.07) is 0. The highest BCUT2D eigenvalue weighted by atomic mass is 32.1. The smallest absolute Gasteiger partial charge is 0.253 e. The van der Waals surface area contributed by atoms with Gasteiger partial charge in [0.05, 0.1) is 10.4 Å². The summed E-state index contributed by atoms with van der Waals surface area (Å²) in [5, 5.41) is 4.64. The maximum Gasteiger partial charge on any atom is 0.253 e. The van der Waals surface area contributed by atoms with Gasteiger partial charge >= 0.3 is 0 Å². The minimum atomic E-state index is -0.149. The van der Waals surface area contributed by atoms with E-state index in [1.165, 1.54) is 11.3 Å². The van der Waals surface area contributed by atoms with E-state index in [2.05, 4.69) is 5.32 Å². The summed E-state index contributed by atoms with van der Waals surface area (Å²) in [4.78, 5) is 23.0. The van der Waals surface area contributed by atoms with Gasteiger partial charge in [0.25, 0.3) is 5.91 Å². The molecule has 82 valence electrons. The van der Waals surface area contributed by atoms with Gasteiger partial charge in [-0.2, -0.15) is 0 Å². The summed E-state index contributed by atoms with van der Waals surface area (Å²) in [5.41, 5.74) is 1.39. The first-order valence-corrected chi connectivity index (χ1v) is 5.75. The number of aldehydes is 1. The summed E-state index contributed by atoms with van der Waals surface area (Å²) in [7, 11) is 0. The Morgan fingerprint density at radius 1 is 1.60 bits per heavy atom. The number of nitrogens with one attached hydrogen (secondary N) is 1. The molecule has 0 aromatic carbocycles. The molecule has 0 aliphatic rings. The van der Waals surface area contributed by atoms with Gasteiger partial charge in [-0.25, -0.2) is 0 Å². The van der Waals surface area contributed by atoms with E-state index in [4.69, 9.17) is 0 Å². The SMILES string of the molecule is Cc1csc(C=O)c1C(=O)NCC(C)C. The third kappa shape index (κ3) is 2.89. The second kappa shape index (κ2) is 5.07. The molecule has 1 aromatic heterocycles. The van der Waals surface area contributed by atoms with Gasteiger partial charge in [-0.05, 0) is 23.8 Å². The Labute approximate surface area is 93.5 Å². The molecule has 0 saturated heterocycles. The molecule has 0 bridgehead atoms. The monoisotopic (exact) mass is 225 g/mol. The van der Waals surface area contributed by atoms with E-state index in [1.807, 2.05) is 26.2 Å². The van der Waals surface area contributed by atoms with Gasteiger partial charge < -0.3 is 5.32 Å². The zero-order chi connectivity index (χ0) is 11.4. The van der Waals surface area contributed by atoms with Crippen molar-refractivity contribution >= 4 is 23.5 Å². The van der Waals surface area contributed by atoms with Crippen molar-refractivity contribution in [2.75, 3.05) is 6.54 Å². The van der Waals surface area contributed by atoms with Crippen LogP contribution in [0.3, 0.4) is 0 Å². The molecule has 0 spiro atoms. The molecule has 15 heavy (non-hydrogen) atoms. The fraction of sp³-hybridized carbons (Fsp3) is 0.455. The van der Waals surface area contributed by atoms with Crippen LogP contribution in [0.2, 0.25) is 0 Å². The van der Waals surface area contributed by atoms with Crippen molar-refractivity contribution < 1.29 is 9.59 Å². The molecule has 0 unspecified atom stereocenters. The predicted molar refractivity (Wildman–Crippen MR) is 61.6 cm³/mol. The summed E-state index contributed by atoms with van der Waals surface area (Å²) < 4.78 is 0. The topological polar surface area (TPSA) is 46.2 Å². The van der Waals surface area contributed by atoms with Gasteiger partial charge in [0, 0.05) is 6.54 Å². The van der Waals surface area contributed by atoms with Crippen molar-refractivity contribution in [2.45, 2.75) is 20.8 Å². The van der Waals surface area contributed by atoms with Crippen LogP contribution in [0.5, 0.6) is 0 Å². The van der Waals surface area contributed by atoms with Crippen LogP contribution in [0.4, 0.5) is 0 Å². The minimum Gasteiger partial charge on any atom is -0.352 e. The summed E-state index contributed by atoms with van der Waals surface area (Å²) in [5.74, 6) is 0.261. The molecular formula is C11H15NO2S. The number of thiophene rings is 1. The molecule has 0 aliphatic carbocycles. The van der Waals surface area contributed by atoms with Gasteiger partial charge in [-0.15, -0.1) is 11.3 Å². The van der Waals surface area contributed by atoms with Crippen LogP contribution >= 0.6 is 11.3 Å². The Bertz CT molecular complexity index is 369. The van der Waals surface area contributed by atoms with Crippen LogP contribution < -0.4 is 5.32 Å². The lowest BCUT2D eigenvalue weighted by Crippen LogP contribution is -2.28. The number of carbonyl (C=O) groups excluding carboxylic acids is 2. The Kier molecular flexibility index (Phi) is 4.03. The summed E-state index contributed by atoms with van der Waals surface area (Å²) in [6.45, 7) is 6.53. The third-order valence-electron chi connectivity index (χ3n) is 2.01. The van der Waals surface area contributed by atoms with Crippen LogP contribution in [-0.2, 0) is 0 Å². The number of carbonyl (C=O) groups is 2. The van der Waals surface area contributed by atoms with E-state index in [0.717, 1.165) is 11.8 Å². The Morgan fingerprint density at radius 3 is 2.80 bits per heavy atom. The Balaban J connectivity index is 2.80. The quantitative estimate of drug-likeness (QED) is 0.799. The van der Waals surface area contributed by atoms with Gasteiger partial charge in [0.15, 0.2) is 6.29 Å². The second-order valence-electron chi connectivity index (χ2n) is 3.88. The highest BCUT2D eigenvalue weighted by Crippen LogP contribution is 2.19. The normalized spacial score (nSPS) is 10.4. The molecular weight excluding hydrogens is 210 g/mol. The standard InChI is InChI=1S/C11H15NO2S/c1-7(2)4-12-11(14)10-8(3)6-15-9(10)5-13/h5-7H,4H2,1-3H3,(H,12,14). The Morgan fingerprint density at radius 2 is 2.27 bits per heavy atom. The molecule has 3 nitrogen and oxygen atoms in total. The molecule has 4 heteroatoms. The van der Waals surface area contributed by atoms with Crippen LogP contribution in [0.15, 0.2) is 5.38 Å². The second-order valence-corrected chi connectivity index (χ2v) is 4.79. The van der Waals surface area contributed by atoms with E-state index >= 15 is 0 Å². The maximum atomic E-state index is 11.7. The third-order valence-corrected chi connectivity index (χ3v) is 3.03. The first-order chi connectivity index (χ1) is 7.06. The fourth-order valence-corrected chi connectivity index (χ4v) is 2.08. The van der Waals surface area contributed by atoms with Crippen LogP contribution in [-0.4, -0.2) is 18.7 Å².